The van der Waals surface area contributed by atoms with Gasteiger partial charge < -0.3 is 4.74 Å². The summed E-state index contributed by atoms with van der Waals surface area (Å²) in [5.74, 6) is -0.0793. The number of ether oxygens (including phenoxy) is 1. The SMILES string of the molecule is CCCC(=O)O[C@H](CCC)c1cccs1. The van der Waals surface area contributed by atoms with Crippen LogP contribution in [0.3, 0.4) is 0 Å². The predicted octanol–water partition coefficient (Wildman–Crippen LogP) is 3.93. The van der Waals surface area contributed by atoms with Crippen LogP contribution in [-0.2, 0) is 9.53 Å². The molecule has 0 aromatic carbocycles. The van der Waals surface area contributed by atoms with Gasteiger partial charge >= 0.3 is 5.97 Å². The fraction of sp³-hybridized carbons (Fsp3) is 0.583. The highest BCUT2D eigenvalue weighted by Gasteiger charge is 2.15. The van der Waals surface area contributed by atoms with E-state index in [9.17, 15) is 4.79 Å². The first-order valence-electron chi connectivity index (χ1n) is 5.50. The van der Waals surface area contributed by atoms with Crippen LogP contribution in [0.2, 0.25) is 0 Å². The first-order valence-corrected chi connectivity index (χ1v) is 6.38. The summed E-state index contributed by atoms with van der Waals surface area (Å²) in [4.78, 5) is 12.6. The third-order valence-electron chi connectivity index (χ3n) is 2.14. The molecule has 0 N–H and O–H groups in total. The maximum Gasteiger partial charge on any atom is 0.306 e. The molecule has 84 valence electrons. The summed E-state index contributed by atoms with van der Waals surface area (Å²) in [6.45, 7) is 4.09. The highest BCUT2D eigenvalue weighted by atomic mass is 32.1. The van der Waals surface area contributed by atoms with Gasteiger partial charge in [0.2, 0.25) is 0 Å². The van der Waals surface area contributed by atoms with Crippen molar-refractivity contribution in [2.24, 2.45) is 0 Å². The zero-order valence-corrected chi connectivity index (χ0v) is 10.2. The number of carbonyl (C=O) groups excluding carboxylic acids is 1. The molecule has 0 aliphatic rings. The lowest BCUT2D eigenvalue weighted by molar-refractivity contribution is -0.149. The van der Waals surface area contributed by atoms with Gasteiger partial charge in [0, 0.05) is 11.3 Å². The van der Waals surface area contributed by atoms with Crippen molar-refractivity contribution < 1.29 is 9.53 Å². The quantitative estimate of drug-likeness (QED) is 0.687. The molecule has 0 fully saturated rings. The zero-order chi connectivity index (χ0) is 11.1. The van der Waals surface area contributed by atoms with Crippen LogP contribution in [0.4, 0.5) is 0 Å². The van der Waals surface area contributed by atoms with Crippen LogP contribution in [0.1, 0.15) is 50.5 Å². The lowest BCUT2D eigenvalue weighted by Gasteiger charge is -2.15. The second-order valence-corrected chi connectivity index (χ2v) is 4.51. The van der Waals surface area contributed by atoms with Crippen molar-refractivity contribution in [1.29, 1.82) is 0 Å². The molecule has 0 aliphatic heterocycles. The van der Waals surface area contributed by atoms with Gasteiger partial charge in [-0.05, 0) is 24.3 Å². The van der Waals surface area contributed by atoms with E-state index in [1.54, 1.807) is 11.3 Å². The minimum Gasteiger partial charge on any atom is -0.457 e. The van der Waals surface area contributed by atoms with Gasteiger partial charge in [-0.2, -0.15) is 0 Å². The van der Waals surface area contributed by atoms with Crippen molar-refractivity contribution in [3.05, 3.63) is 22.4 Å². The molecule has 0 unspecified atom stereocenters. The Morgan fingerprint density at radius 1 is 1.47 bits per heavy atom. The van der Waals surface area contributed by atoms with Gasteiger partial charge in [-0.3, -0.25) is 4.79 Å². The van der Waals surface area contributed by atoms with Crippen LogP contribution in [0.25, 0.3) is 0 Å². The normalized spacial score (nSPS) is 12.4. The van der Waals surface area contributed by atoms with Crippen molar-refractivity contribution in [1.82, 2.24) is 0 Å². The fourth-order valence-electron chi connectivity index (χ4n) is 1.42. The van der Waals surface area contributed by atoms with Gasteiger partial charge in [0.25, 0.3) is 0 Å². The van der Waals surface area contributed by atoms with E-state index < -0.39 is 0 Å². The molecule has 1 aromatic heterocycles. The maximum absolute atomic E-state index is 11.4. The van der Waals surface area contributed by atoms with E-state index in [-0.39, 0.29) is 12.1 Å². The molecule has 1 heterocycles. The number of rotatable bonds is 6. The molecular formula is C12H18O2S. The molecular weight excluding hydrogens is 208 g/mol. The molecule has 0 amide bonds. The Hall–Kier alpha value is -0.830. The number of esters is 1. The van der Waals surface area contributed by atoms with Crippen LogP contribution < -0.4 is 0 Å². The predicted molar refractivity (Wildman–Crippen MR) is 63.0 cm³/mol. The molecule has 0 spiro atoms. The van der Waals surface area contributed by atoms with Crippen molar-refractivity contribution >= 4 is 17.3 Å². The summed E-state index contributed by atoms with van der Waals surface area (Å²) >= 11 is 1.65. The molecule has 1 aromatic rings. The van der Waals surface area contributed by atoms with E-state index in [2.05, 4.69) is 6.92 Å². The number of carbonyl (C=O) groups is 1. The summed E-state index contributed by atoms with van der Waals surface area (Å²) in [6, 6.07) is 4.03. The van der Waals surface area contributed by atoms with E-state index >= 15 is 0 Å². The zero-order valence-electron chi connectivity index (χ0n) is 9.36. The molecule has 1 atom stereocenters. The Morgan fingerprint density at radius 2 is 2.27 bits per heavy atom. The maximum atomic E-state index is 11.4. The number of hydrogen-bond donors (Lipinski definition) is 0. The summed E-state index contributed by atoms with van der Waals surface area (Å²) in [7, 11) is 0. The largest absolute Gasteiger partial charge is 0.457 e. The Labute approximate surface area is 95.3 Å². The first-order chi connectivity index (χ1) is 7.27. The standard InChI is InChI=1S/C12H18O2S/c1-3-6-10(11-8-5-9-15-11)14-12(13)7-4-2/h5,8-10H,3-4,6-7H2,1-2H3/t10-/m1/s1. The molecule has 0 radical (unpaired) electrons. The van der Waals surface area contributed by atoms with E-state index in [0.29, 0.717) is 6.42 Å². The summed E-state index contributed by atoms with van der Waals surface area (Å²) in [5, 5.41) is 2.02. The first kappa shape index (κ1) is 12.2. The summed E-state index contributed by atoms with van der Waals surface area (Å²) < 4.78 is 5.45. The van der Waals surface area contributed by atoms with E-state index in [0.717, 1.165) is 24.1 Å². The van der Waals surface area contributed by atoms with Crippen LogP contribution >= 0.6 is 11.3 Å². The molecule has 0 saturated carbocycles. The Morgan fingerprint density at radius 3 is 2.80 bits per heavy atom. The highest BCUT2D eigenvalue weighted by molar-refractivity contribution is 7.10. The average Bonchev–Trinajstić information content (AvgIpc) is 2.70. The summed E-state index contributed by atoms with van der Waals surface area (Å²) in [6.07, 6.45) is 3.28. The molecule has 0 saturated heterocycles. The molecule has 1 rings (SSSR count). The second-order valence-electron chi connectivity index (χ2n) is 3.53. The van der Waals surface area contributed by atoms with Gasteiger partial charge in [-0.15, -0.1) is 11.3 Å². The molecule has 15 heavy (non-hydrogen) atoms. The van der Waals surface area contributed by atoms with Crippen molar-refractivity contribution in [3.63, 3.8) is 0 Å². The highest BCUT2D eigenvalue weighted by Crippen LogP contribution is 2.27. The lowest BCUT2D eigenvalue weighted by atomic mass is 10.2. The third-order valence-corrected chi connectivity index (χ3v) is 3.10. The van der Waals surface area contributed by atoms with E-state index in [1.807, 2.05) is 24.4 Å². The number of thiophene rings is 1. The monoisotopic (exact) mass is 226 g/mol. The van der Waals surface area contributed by atoms with Gasteiger partial charge in [0.05, 0.1) is 0 Å². The molecule has 0 bridgehead atoms. The van der Waals surface area contributed by atoms with Gasteiger partial charge in [0.1, 0.15) is 6.10 Å². The van der Waals surface area contributed by atoms with E-state index in [4.69, 9.17) is 4.74 Å². The van der Waals surface area contributed by atoms with Crippen molar-refractivity contribution in [3.8, 4) is 0 Å². The Bertz CT molecular complexity index is 280. The smallest absolute Gasteiger partial charge is 0.306 e. The van der Waals surface area contributed by atoms with E-state index in [1.165, 1.54) is 0 Å². The van der Waals surface area contributed by atoms with Gasteiger partial charge in [0.15, 0.2) is 0 Å². The van der Waals surface area contributed by atoms with Crippen LogP contribution in [-0.4, -0.2) is 5.97 Å². The third kappa shape index (κ3) is 4.04. The van der Waals surface area contributed by atoms with Gasteiger partial charge in [-0.25, -0.2) is 0 Å². The van der Waals surface area contributed by atoms with Gasteiger partial charge in [-0.1, -0.05) is 26.3 Å². The molecule has 2 nitrogen and oxygen atoms in total. The molecule has 0 aliphatic carbocycles. The summed E-state index contributed by atoms with van der Waals surface area (Å²) in [5.41, 5.74) is 0. The van der Waals surface area contributed by atoms with Crippen molar-refractivity contribution in [2.75, 3.05) is 0 Å². The Balaban J connectivity index is 2.55. The Kier molecular flexibility index (Phi) is 5.40. The lowest BCUT2D eigenvalue weighted by Crippen LogP contribution is -2.09. The fourth-order valence-corrected chi connectivity index (χ4v) is 2.21. The topological polar surface area (TPSA) is 26.3 Å². The molecule has 3 heteroatoms. The number of hydrogen-bond acceptors (Lipinski definition) is 3. The average molecular weight is 226 g/mol. The van der Waals surface area contributed by atoms with Crippen LogP contribution in [0, 0.1) is 0 Å². The second kappa shape index (κ2) is 6.62. The van der Waals surface area contributed by atoms with Crippen LogP contribution in [0.5, 0.6) is 0 Å². The minimum absolute atomic E-state index is 0.0333. The van der Waals surface area contributed by atoms with Crippen LogP contribution in [0.15, 0.2) is 17.5 Å². The van der Waals surface area contributed by atoms with Crippen molar-refractivity contribution in [2.45, 2.75) is 45.6 Å². The minimum atomic E-state index is -0.0793.